The highest BCUT2D eigenvalue weighted by Gasteiger charge is 2.12. The summed E-state index contributed by atoms with van der Waals surface area (Å²) in [6.45, 7) is 4.70. The smallest absolute Gasteiger partial charge is 0.251 e. The van der Waals surface area contributed by atoms with E-state index in [0.29, 0.717) is 12.1 Å². The standard InChI is InChI=1S/C18H15BrFN3O/c1-12(19)11-23-16-5-3-2-4-15(16)22-17(23)10-21-18(24)13-6-8-14(20)9-7-13/h2-9H,1,10-11H2,(H,21,24). The number of hydrogen-bond acceptors (Lipinski definition) is 2. The third-order valence-electron chi connectivity index (χ3n) is 3.58. The first kappa shape index (κ1) is 16.4. The molecule has 1 heterocycles. The average molecular weight is 388 g/mol. The van der Waals surface area contributed by atoms with Gasteiger partial charge in [0.1, 0.15) is 11.6 Å². The highest BCUT2D eigenvalue weighted by Crippen LogP contribution is 2.19. The SMILES string of the molecule is C=C(Br)Cn1c(CNC(=O)c2ccc(F)cc2)nc2ccccc21. The fourth-order valence-electron chi connectivity index (χ4n) is 2.47. The molecule has 2 aromatic carbocycles. The molecule has 0 saturated heterocycles. The van der Waals surface area contributed by atoms with Crippen molar-refractivity contribution in [2.75, 3.05) is 0 Å². The lowest BCUT2D eigenvalue weighted by Gasteiger charge is -2.09. The molecule has 0 spiro atoms. The van der Waals surface area contributed by atoms with Crippen molar-refractivity contribution < 1.29 is 9.18 Å². The summed E-state index contributed by atoms with van der Waals surface area (Å²) in [4.78, 5) is 16.8. The Morgan fingerprint density at radius 1 is 1.21 bits per heavy atom. The molecule has 4 nitrogen and oxygen atoms in total. The maximum Gasteiger partial charge on any atom is 0.251 e. The van der Waals surface area contributed by atoms with Gasteiger partial charge >= 0.3 is 0 Å². The highest BCUT2D eigenvalue weighted by atomic mass is 79.9. The molecule has 1 N–H and O–H groups in total. The summed E-state index contributed by atoms with van der Waals surface area (Å²) in [6, 6.07) is 13.2. The molecule has 3 rings (SSSR count). The first-order valence-corrected chi connectivity index (χ1v) is 8.15. The van der Waals surface area contributed by atoms with E-state index >= 15 is 0 Å². The third-order valence-corrected chi connectivity index (χ3v) is 3.83. The maximum absolute atomic E-state index is 12.9. The van der Waals surface area contributed by atoms with Gasteiger partial charge in [-0.05, 0) is 36.4 Å². The first-order chi connectivity index (χ1) is 11.5. The second kappa shape index (κ2) is 6.97. The molecule has 0 saturated carbocycles. The summed E-state index contributed by atoms with van der Waals surface area (Å²) in [5.74, 6) is 0.0858. The van der Waals surface area contributed by atoms with E-state index in [4.69, 9.17) is 0 Å². The number of benzene rings is 2. The number of fused-ring (bicyclic) bond motifs is 1. The minimum atomic E-state index is -0.371. The van der Waals surface area contributed by atoms with E-state index in [1.54, 1.807) is 0 Å². The average Bonchev–Trinajstić information content (AvgIpc) is 2.90. The molecule has 0 unspecified atom stereocenters. The van der Waals surface area contributed by atoms with Gasteiger partial charge in [-0.3, -0.25) is 4.79 Å². The van der Waals surface area contributed by atoms with Crippen LogP contribution >= 0.6 is 15.9 Å². The number of amides is 1. The Morgan fingerprint density at radius 3 is 2.62 bits per heavy atom. The molecule has 1 aromatic heterocycles. The van der Waals surface area contributed by atoms with E-state index < -0.39 is 0 Å². The zero-order valence-corrected chi connectivity index (χ0v) is 14.4. The summed E-state index contributed by atoms with van der Waals surface area (Å²) in [7, 11) is 0. The zero-order chi connectivity index (χ0) is 17.1. The van der Waals surface area contributed by atoms with Gasteiger partial charge in [-0.25, -0.2) is 9.37 Å². The number of nitrogens with one attached hydrogen (secondary N) is 1. The highest BCUT2D eigenvalue weighted by molar-refractivity contribution is 9.11. The molecule has 0 bridgehead atoms. The van der Waals surface area contributed by atoms with Gasteiger partial charge in [0.25, 0.3) is 5.91 Å². The normalized spacial score (nSPS) is 10.8. The van der Waals surface area contributed by atoms with Crippen LogP contribution in [0.5, 0.6) is 0 Å². The summed E-state index contributed by atoms with van der Waals surface area (Å²) in [5.41, 5.74) is 2.24. The number of aromatic nitrogens is 2. The van der Waals surface area contributed by atoms with Crippen LogP contribution in [0.4, 0.5) is 4.39 Å². The van der Waals surface area contributed by atoms with Crippen LogP contribution in [0.1, 0.15) is 16.2 Å². The number of allylic oxidation sites excluding steroid dienone is 1. The maximum atomic E-state index is 12.9. The van der Waals surface area contributed by atoms with Gasteiger partial charge in [0.05, 0.1) is 24.1 Å². The monoisotopic (exact) mass is 387 g/mol. The van der Waals surface area contributed by atoms with Gasteiger partial charge in [-0.1, -0.05) is 34.6 Å². The molecule has 122 valence electrons. The summed E-state index contributed by atoms with van der Waals surface area (Å²) in [6.07, 6.45) is 0. The summed E-state index contributed by atoms with van der Waals surface area (Å²) in [5, 5.41) is 2.82. The number of carbonyl (C=O) groups excluding carboxylic acids is 1. The van der Waals surface area contributed by atoms with E-state index in [2.05, 4.69) is 32.8 Å². The Balaban J connectivity index is 1.82. The van der Waals surface area contributed by atoms with Crippen LogP contribution in [0, 0.1) is 5.82 Å². The van der Waals surface area contributed by atoms with Crippen molar-refractivity contribution in [1.82, 2.24) is 14.9 Å². The number of rotatable bonds is 5. The molecule has 0 atom stereocenters. The van der Waals surface area contributed by atoms with E-state index in [1.807, 2.05) is 28.8 Å². The van der Waals surface area contributed by atoms with Crippen LogP contribution < -0.4 is 5.32 Å². The van der Waals surface area contributed by atoms with Crippen molar-refractivity contribution in [1.29, 1.82) is 0 Å². The lowest BCUT2D eigenvalue weighted by Crippen LogP contribution is -2.24. The second-order valence-electron chi connectivity index (χ2n) is 5.31. The van der Waals surface area contributed by atoms with Crippen molar-refractivity contribution in [3.05, 3.63) is 76.8 Å². The van der Waals surface area contributed by atoms with Gasteiger partial charge in [0.15, 0.2) is 0 Å². The molecule has 0 aliphatic carbocycles. The Morgan fingerprint density at radius 2 is 1.92 bits per heavy atom. The van der Waals surface area contributed by atoms with E-state index in [9.17, 15) is 9.18 Å². The van der Waals surface area contributed by atoms with E-state index in [1.165, 1.54) is 24.3 Å². The second-order valence-corrected chi connectivity index (χ2v) is 6.43. The first-order valence-electron chi connectivity index (χ1n) is 7.36. The predicted molar refractivity (Wildman–Crippen MR) is 95.4 cm³/mol. The van der Waals surface area contributed by atoms with E-state index in [0.717, 1.165) is 21.3 Å². The van der Waals surface area contributed by atoms with Crippen molar-refractivity contribution in [3.63, 3.8) is 0 Å². The van der Waals surface area contributed by atoms with E-state index in [-0.39, 0.29) is 18.3 Å². The van der Waals surface area contributed by atoms with Crippen LogP contribution in [0.2, 0.25) is 0 Å². The lowest BCUT2D eigenvalue weighted by atomic mass is 10.2. The Kier molecular flexibility index (Phi) is 4.76. The van der Waals surface area contributed by atoms with Gasteiger partial charge in [0.2, 0.25) is 0 Å². The van der Waals surface area contributed by atoms with Crippen LogP contribution in [0.15, 0.2) is 59.6 Å². The quantitative estimate of drug-likeness (QED) is 0.718. The minimum absolute atomic E-state index is 0.269. The molecule has 24 heavy (non-hydrogen) atoms. The van der Waals surface area contributed by atoms with Gasteiger partial charge < -0.3 is 9.88 Å². The number of nitrogens with zero attached hydrogens (tertiary/aromatic N) is 2. The summed E-state index contributed by atoms with van der Waals surface area (Å²) >= 11 is 3.37. The number of para-hydroxylation sites is 2. The van der Waals surface area contributed by atoms with Crippen molar-refractivity contribution in [3.8, 4) is 0 Å². The number of imidazole rings is 1. The Labute approximate surface area is 147 Å². The predicted octanol–water partition coefficient (Wildman–Crippen LogP) is 4.01. The number of carbonyl (C=O) groups is 1. The van der Waals surface area contributed by atoms with Crippen LogP contribution in [0.25, 0.3) is 11.0 Å². The van der Waals surface area contributed by atoms with Crippen molar-refractivity contribution >= 4 is 32.9 Å². The molecule has 6 heteroatoms. The fourth-order valence-corrected chi connectivity index (χ4v) is 2.72. The Hall–Kier alpha value is -2.47. The molecule has 3 aromatic rings. The van der Waals surface area contributed by atoms with Crippen LogP contribution in [-0.2, 0) is 13.1 Å². The molecular weight excluding hydrogens is 373 g/mol. The van der Waals surface area contributed by atoms with Crippen molar-refractivity contribution in [2.45, 2.75) is 13.1 Å². The summed E-state index contributed by atoms with van der Waals surface area (Å²) < 4.78 is 15.7. The minimum Gasteiger partial charge on any atom is -0.345 e. The zero-order valence-electron chi connectivity index (χ0n) is 12.8. The van der Waals surface area contributed by atoms with Crippen molar-refractivity contribution in [2.24, 2.45) is 0 Å². The molecule has 1 amide bonds. The Bertz CT molecular complexity index is 902. The molecular formula is C18H15BrFN3O. The fraction of sp³-hybridized carbons (Fsp3) is 0.111. The van der Waals surface area contributed by atoms with Gasteiger partial charge in [0, 0.05) is 10.0 Å². The van der Waals surface area contributed by atoms with Gasteiger partial charge in [-0.2, -0.15) is 0 Å². The number of hydrogen-bond donors (Lipinski definition) is 1. The largest absolute Gasteiger partial charge is 0.345 e. The third kappa shape index (κ3) is 3.54. The number of halogens is 2. The van der Waals surface area contributed by atoms with Gasteiger partial charge in [-0.15, -0.1) is 0 Å². The lowest BCUT2D eigenvalue weighted by molar-refractivity contribution is 0.0949. The van der Waals surface area contributed by atoms with Crippen LogP contribution in [0.3, 0.4) is 0 Å². The molecule has 0 aliphatic heterocycles. The molecule has 0 aliphatic rings. The van der Waals surface area contributed by atoms with Crippen LogP contribution in [-0.4, -0.2) is 15.5 Å². The topological polar surface area (TPSA) is 46.9 Å². The molecule has 0 radical (unpaired) electrons. The molecule has 0 fully saturated rings.